The molecule has 0 saturated carbocycles. The van der Waals surface area contributed by atoms with Gasteiger partial charge in [-0.3, -0.25) is 4.79 Å². The zero-order valence-electron chi connectivity index (χ0n) is 15.8. The first-order chi connectivity index (χ1) is 14.5. The molecule has 2 heterocycles. The fourth-order valence-electron chi connectivity index (χ4n) is 2.68. The number of anilines is 1. The minimum atomic E-state index is -0.838. The normalized spacial score (nSPS) is 11.2. The smallest absolute Gasteiger partial charge is 0.257 e. The fourth-order valence-corrected chi connectivity index (χ4v) is 3.36. The molecule has 0 bridgehead atoms. The van der Waals surface area contributed by atoms with Crippen LogP contribution in [-0.2, 0) is 17.0 Å². The summed E-state index contributed by atoms with van der Waals surface area (Å²) in [4.78, 5) is 20.6. The average Bonchev–Trinajstić information content (AvgIpc) is 3.33. The lowest BCUT2D eigenvalue weighted by Gasteiger charge is -2.05. The topological polar surface area (TPSA) is 94.0 Å². The number of carbonyl (C=O) groups is 1. The molecule has 2 aromatic carbocycles. The molecule has 0 spiro atoms. The van der Waals surface area contributed by atoms with E-state index in [1.807, 2.05) is 25.1 Å². The molecule has 0 radical (unpaired) electrons. The molecule has 0 aliphatic rings. The second-order valence-corrected chi connectivity index (χ2v) is 7.44. The molecule has 4 rings (SSSR count). The van der Waals surface area contributed by atoms with Gasteiger partial charge in [-0.25, -0.2) is 13.8 Å². The Morgan fingerprint density at radius 1 is 1.17 bits per heavy atom. The number of fused-ring (bicyclic) bond motifs is 1. The second kappa shape index (κ2) is 8.62. The van der Waals surface area contributed by atoms with E-state index in [0.29, 0.717) is 28.4 Å². The maximum atomic E-state index is 13.6. The molecule has 0 unspecified atom stereocenters. The molecule has 0 atom stereocenters. The van der Waals surface area contributed by atoms with E-state index in [1.54, 1.807) is 0 Å². The van der Waals surface area contributed by atoms with Crippen LogP contribution in [-0.4, -0.2) is 21.0 Å². The number of aromatic nitrogens is 3. The van der Waals surface area contributed by atoms with Gasteiger partial charge in [-0.2, -0.15) is 4.98 Å². The first-order valence-corrected chi connectivity index (χ1v) is 10.0. The number of carbonyl (C=O) groups excluding carboxylic acids is 1. The van der Waals surface area contributed by atoms with E-state index in [4.69, 9.17) is 8.94 Å². The number of hydrogen-bond donors (Lipinski definition) is 1. The summed E-state index contributed by atoms with van der Waals surface area (Å²) in [7, 11) is 0. The quantitative estimate of drug-likeness (QED) is 0.426. The van der Waals surface area contributed by atoms with E-state index in [0.717, 1.165) is 23.2 Å². The van der Waals surface area contributed by atoms with E-state index < -0.39 is 17.5 Å². The standard InChI is InChI=1S/C20H16F2N4O3S/c1-11-2-5-16-15(8-11)24-20(28-16)30-10-17-25-19(29-26-17)7-6-18(27)23-14-4-3-12(21)9-13(14)22/h2-5,8-9H,6-7,10H2,1H3,(H,23,27). The maximum absolute atomic E-state index is 13.6. The van der Waals surface area contributed by atoms with Gasteiger partial charge in [-0.1, -0.05) is 23.0 Å². The predicted molar refractivity (Wildman–Crippen MR) is 106 cm³/mol. The molecule has 0 fully saturated rings. The first-order valence-electron chi connectivity index (χ1n) is 9.02. The Bertz CT molecular complexity index is 1210. The molecule has 0 saturated heterocycles. The highest BCUT2D eigenvalue weighted by Gasteiger charge is 2.13. The summed E-state index contributed by atoms with van der Waals surface area (Å²) in [5, 5.41) is 6.76. The summed E-state index contributed by atoms with van der Waals surface area (Å²) in [6, 6.07) is 8.70. The van der Waals surface area contributed by atoms with E-state index in [2.05, 4.69) is 20.4 Å². The number of halogens is 2. The third kappa shape index (κ3) is 4.82. The van der Waals surface area contributed by atoms with Crippen molar-refractivity contribution in [1.29, 1.82) is 0 Å². The highest BCUT2D eigenvalue weighted by Crippen LogP contribution is 2.26. The van der Waals surface area contributed by atoms with Gasteiger partial charge in [0.2, 0.25) is 11.8 Å². The third-order valence-electron chi connectivity index (χ3n) is 4.13. The molecule has 10 heteroatoms. The van der Waals surface area contributed by atoms with Crippen LogP contribution in [0.1, 0.15) is 23.7 Å². The molecule has 0 aliphatic carbocycles. The Morgan fingerprint density at radius 2 is 2.03 bits per heavy atom. The molecule has 1 N–H and O–H groups in total. The van der Waals surface area contributed by atoms with Gasteiger partial charge in [0.05, 0.1) is 11.4 Å². The fraction of sp³-hybridized carbons (Fsp3) is 0.200. The minimum absolute atomic E-state index is 0.00999. The molecule has 2 aromatic heterocycles. The molecule has 154 valence electrons. The van der Waals surface area contributed by atoms with Crippen molar-refractivity contribution in [3.63, 3.8) is 0 Å². The molecule has 0 aliphatic heterocycles. The van der Waals surface area contributed by atoms with Crippen molar-refractivity contribution in [2.45, 2.75) is 30.7 Å². The molecule has 1 amide bonds. The van der Waals surface area contributed by atoms with Gasteiger partial charge in [0.25, 0.3) is 5.22 Å². The van der Waals surface area contributed by atoms with Gasteiger partial charge in [0.1, 0.15) is 17.2 Å². The molecule has 7 nitrogen and oxygen atoms in total. The van der Waals surface area contributed by atoms with E-state index >= 15 is 0 Å². The van der Waals surface area contributed by atoms with Crippen molar-refractivity contribution in [3.05, 3.63) is 65.3 Å². The number of thioether (sulfide) groups is 1. The summed E-state index contributed by atoms with van der Waals surface area (Å²) in [5.41, 5.74) is 2.51. The van der Waals surface area contributed by atoms with Crippen molar-refractivity contribution in [3.8, 4) is 0 Å². The van der Waals surface area contributed by atoms with Crippen LogP contribution in [0.4, 0.5) is 14.5 Å². The Kier molecular flexibility index (Phi) is 5.75. The van der Waals surface area contributed by atoms with Crippen LogP contribution in [0.3, 0.4) is 0 Å². The van der Waals surface area contributed by atoms with Gasteiger partial charge in [-0.05, 0) is 36.8 Å². The monoisotopic (exact) mass is 430 g/mol. The van der Waals surface area contributed by atoms with Crippen LogP contribution >= 0.6 is 11.8 Å². The molecule has 30 heavy (non-hydrogen) atoms. The zero-order valence-corrected chi connectivity index (χ0v) is 16.6. The lowest BCUT2D eigenvalue weighted by atomic mass is 10.2. The van der Waals surface area contributed by atoms with Crippen molar-refractivity contribution in [2.75, 3.05) is 5.32 Å². The Balaban J connectivity index is 1.28. The van der Waals surface area contributed by atoms with Crippen LogP contribution in [0.15, 0.2) is 50.6 Å². The van der Waals surface area contributed by atoms with Crippen molar-refractivity contribution in [1.82, 2.24) is 15.1 Å². The number of hydrogen-bond acceptors (Lipinski definition) is 7. The number of amides is 1. The summed E-state index contributed by atoms with van der Waals surface area (Å²) < 4.78 is 37.3. The third-order valence-corrected chi connectivity index (χ3v) is 4.95. The predicted octanol–water partition coefficient (Wildman–Crippen LogP) is 4.66. The lowest BCUT2D eigenvalue weighted by Crippen LogP contribution is -2.13. The number of benzene rings is 2. The average molecular weight is 430 g/mol. The van der Waals surface area contributed by atoms with Crippen LogP contribution in [0.2, 0.25) is 0 Å². The van der Waals surface area contributed by atoms with Gasteiger partial charge in [-0.15, -0.1) is 0 Å². The number of oxazole rings is 1. The SMILES string of the molecule is Cc1ccc2oc(SCc3noc(CCC(=O)Nc4ccc(F)cc4F)n3)nc2c1. The number of aryl methyl sites for hydroxylation is 2. The summed E-state index contributed by atoms with van der Waals surface area (Å²) in [6.45, 7) is 1.98. The lowest BCUT2D eigenvalue weighted by molar-refractivity contribution is -0.116. The van der Waals surface area contributed by atoms with Crippen molar-refractivity contribution >= 4 is 34.5 Å². The van der Waals surface area contributed by atoms with Gasteiger partial charge in [0.15, 0.2) is 11.4 Å². The van der Waals surface area contributed by atoms with Crippen molar-refractivity contribution in [2.24, 2.45) is 0 Å². The first kappa shape index (κ1) is 20.0. The van der Waals surface area contributed by atoms with Gasteiger partial charge < -0.3 is 14.3 Å². The van der Waals surface area contributed by atoms with E-state index in [1.165, 1.54) is 11.8 Å². The van der Waals surface area contributed by atoms with Crippen LogP contribution in [0.5, 0.6) is 0 Å². The second-order valence-electron chi connectivity index (χ2n) is 6.52. The van der Waals surface area contributed by atoms with E-state index in [-0.39, 0.29) is 24.4 Å². The van der Waals surface area contributed by atoms with Gasteiger partial charge in [0, 0.05) is 18.9 Å². The van der Waals surface area contributed by atoms with E-state index in [9.17, 15) is 13.6 Å². The minimum Gasteiger partial charge on any atom is -0.431 e. The maximum Gasteiger partial charge on any atom is 0.257 e. The summed E-state index contributed by atoms with van der Waals surface area (Å²) >= 11 is 1.33. The highest BCUT2D eigenvalue weighted by atomic mass is 32.2. The molecular weight excluding hydrogens is 414 g/mol. The number of nitrogens with zero attached hydrogens (tertiary/aromatic N) is 3. The summed E-state index contributed by atoms with van der Waals surface area (Å²) in [6.07, 6.45) is 0.199. The molecular formula is C20H16F2N4O3S. The van der Waals surface area contributed by atoms with Gasteiger partial charge >= 0.3 is 0 Å². The summed E-state index contributed by atoms with van der Waals surface area (Å²) in [5.74, 6) is -0.879. The Morgan fingerprint density at radius 3 is 2.87 bits per heavy atom. The molecule has 4 aromatic rings. The van der Waals surface area contributed by atoms with Crippen LogP contribution in [0, 0.1) is 18.6 Å². The highest BCUT2D eigenvalue weighted by molar-refractivity contribution is 7.98. The zero-order chi connectivity index (χ0) is 21.1. The van der Waals surface area contributed by atoms with Crippen LogP contribution in [0.25, 0.3) is 11.1 Å². The Labute approximate surface area is 173 Å². The number of nitrogens with one attached hydrogen (secondary N) is 1. The van der Waals surface area contributed by atoms with Crippen LogP contribution < -0.4 is 5.32 Å². The number of rotatable bonds is 7. The Hall–Kier alpha value is -3.27. The van der Waals surface area contributed by atoms with Crippen molar-refractivity contribution < 1.29 is 22.5 Å². The largest absolute Gasteiger partial charge is 0.431 e.